The summed E-state index contributed by atoms with van der Waals surface area (Å²) in [7, 11) is 0. The number of imidazole rings is 1. The number of aromatic nitrogens is 2. The van der Waals surface area contributed by atoms with Crippen molar-refractivity contribution < 1.29 is 4.79 Å². The lowest BCUT2D eigenvalue weighted by atomic mass is 10.3. The molecule has 0 fully saturated rings. The van der Waals surface area contributed by atoms with Crippen LogP contribution >= 0.6 is 27.3 Å². The zero-order valence-electron chi connectivity index (χ0n) is 8.63. The Morgan fingerprint density at radius 2 is 2.24 bits per heavy atom. The summed E-state index contributed by atoms with van der Waals surface area (Å²) in [4.78, 5) is 16.8. The van der Waals surface area contributed by atoms with Crippen LogP contribution < -0.4 is 0 Å². The maximum atomic E-state index is 11.2. The van der Waals surface area contributed by atoms with Crippen LogP contribution in [-0.2, 0) is 0 Å². The van der Waals surface area contributed by atoms with E-state index in [1.165, 1.54) is 0 Å². The number of hydrogen-bond donors (Lipinski definition) is 0. The molecule has 5 heteroatoms. The lowest BCUT2D eigenvalue weighted by molar-refractivity contribution is 0.111. The third kappa shape index (κ3) is 1.62. The van der Waals surface area contributed by atoms with Crippen LogP contribution in [0, 0.1) is 0 Å². The van der Waals surface area contributed by atoms with Gasteiger partial charge in [-0.3, -0.25) is 9.20 Å². The van der Waals surface area contributed by atoms with Crippen molar-refractivity contribution in [3.05, 3.63) is 46.0 Å². The number of nitrogens with zero attached hydrogens (tertiary/aromatic N) is 2. The molecule has 0 saturated carbocycles. The van der Waals surface area contributed by atoms with Crippen LogP contribution in [-0.4, -0.2) is 15.7 Å². The van der Waals surface area contributed by atoms with Crippen molar-refractivity contribution in [2.45, 2.75) is 0 Å². The van der Waals surface area contributed by atoms with Gasteiger partial charge in [0, 0.05) is 6.20 Å². The number of hydrogen-bond acceptors (Lipinski definition) is 3. The molecule has 3 aromatic rings. The van der Waals surface area contributed by atoms with Crippen LogP contribution in [0.15, 0.2) is 40.3 Å². The van der Waals surface area contributed by atoms with Gasteiger partial charge in [-0.1, -0.05) is 6.07 Å². The second kappa shape index (κ2) is 4.09. The van der Waals surface area contributed by atoms with Gasteiger partial charge >= 0.3 is 0 Å². The van der Waals surface area contributed by atoms with Crippen LogP contribution in [0.5, 0.6) is 0 Å². The lowest BCUT2D eigenvalue weighted by Crippen LogP contribution is -1.91. The zero-order valence-corrected chi connectivity index (χ0v) is 11.0. The van der Waals surface area contributed by atoms with Crippen molar-refractivity contribution in [1.82, 2.24) is 9.38 Å². The van der Waals surface area contributed by atoms with Crippen molar-refractivity contribution >= 4 is 39.2 Å². The summed E-state index contributed by atoms with van der Waals surface area (Å²) >= 11 is 5.02. The zero-order chi connectivity index (χ0) is 11.8. The fourth-order valence-electron chi connectivity index (χ4n) is 1.76. The first-order valence-electron chi connectivity index (χ1n) is 4.97. The Kier molecular flexibility index (Phi) is 2.57. The summed E-state index contributed by atoms with van der Waals surface area (Å²) in [5, 5.41) is 1.98. The summed E-state index contributed by atoms with van der Waals surface area (Å²) < 4.78 is 2.68. The maximum absolute atomic E-state index is 11.2. The van der Waals surface area contributed by atoms with Crippen molar-refractivity contribution in [3.8, 4) is 10.6 Å². The molecule has 3 heterocycles. The summed E-state index contributed by atoms with van der Waals surface area (Å²) in [5.41, 5.74) is 2.09. The van der Waals surface area contributed by atoms with Gasteiger partial charge < -0.3 is 0 Å². The van der Waals surface area contributed by atoms with Crippen molar-refractivity contribution in [3.63, 3.8) is 0 Å². The largest absolute Gasteiger partial charge is 0.296 e. The normalized spacial score (nSPS) is 10.9. The van der Waals surface area contributed by atoms with Gasteiger partial charge in [-0.05, 0) is 39.5 Å². The first-order valence-corrected chi connectivity index (χ1v) is 6.64. The van der Waals surface area contributed by atoms with Gasteiger partial charge in [0.25, 0.3) is 0 Å². The standard InChI is InChI=1S/C12H7BrN2OS/c13-8-3-1-5-15-9(7-16)11(14-12(8)15)10-4-2-6-17-10/h1-7H. The summed E-state index contributed by atoms with van der Waals surface area (Å²) in [6.45, 7) is 0. The monoisotopic (exact) mass is 306 g/mol. The third-order valence-electron chi connectivity index (χ3n) is 2.51. The lowest BCUT2D eigenvalue weighted by Gasteiger charge is -1.96. The van der Waals surface area contributed by atoms with E-state index in [4.69, 9.17) is 0 Å². The average molecular weight is 307 g/mol. The van der Waals surface area contributed by atoms with Crippen molar-refractivity contribution in [2.75, 3.05) is 0 Å². The Morgan fingerprint density at radius 1 is 1.35 bits per heavy atom. The van der Waals surface area contributed by atoms with E-state index in [2.05, 4.69) is 20.9 Å². The number of halogens is 1. The first-order chi connectivity index (χ1) is 8.31. The molecular weight excluding hydrogens is 300 g/mol. The fraction of sp³-hybridized carbons (Fsp3) is 0. The molecule has 84 valence electrons. The van der Waals surface area contributed by atoms with E-state index in [9.17, 15) is 4.79 Å². The van der Waals surface area contributed by atoms with E-state index in [-0.39, 0.29) is 0 Å². The highest BCUT2D eigenvalue weighted by molar-refractivity contribution is 9.10. The summed E-state index contributed by atoms with van der Waals surface area (Å²) in [6.07, 6.45) is 2.69. The third-order valence-corrected chi connectivity index (χ3v) is 4.00. The van der Waals surface area contributed by atoms with Gasteiger partial charge in [0.1, 0.15) is 11.4 Å². The van der Waals surface area contributed by atoms with Gasteiger partial charge in [0.05, 0.1) is 9.35 Å². The predicted octanol–water partition coefficient (Wildman–Crippen LogP) is 3.64. The van der Waals surface area contributed by atoms with E-state index in [0.29, 0.717) is 5.69 Å². The highest BCUT2D eigenvalue weighted by Gasteiger charge is 2.15. The molecule has 0 aliphatic rings. The van der Waals surface area contributed by atoms with E-state index in [1.54, 1.807) is 15.7 Å². The van der Waals surface area contributed by atoms with E-state index < -0.39 is 0 Å². The molecular formula is C12H7BrN2OS. The molecule has 0 radical (unpaired) electrons. The molecule has 0 aliphatic carbocycles. The minimum absolute atomic E-state index is 0.587. The Morgan fingerprint density at radius 3 is 2.94 bits per heavy atom. The van der Waals surface area contributed by atoms with E-state index in [1.807, 2.05) is 35.8 Å². The number of aldehydes is 1. The molecule has 3 nitrogen and oxygen atoms in total. The topological polar surface area (TPSA) is 34.4 Å². The van der Waals surface area contributed by atoms with E-state index >= 15 is 0 Å². The van der Waals surface area contributed by atoms with Crippen LogP contribution in [0.4, 0.5) is 0 Å². The Balaban J connectivity index is 2.40. The number of carbonyl (C=O) groups is 1. The van der Waals surface area contributed by atoms with Crippen LogP contribution in [0.1, 0.15) is 10.5 Å². The second-order valence-corrected chi connectivity index (χ2v) is 5.29. The van der Waals surface area contributed by atoms with Crippen LogP contribution in [0.25, 0.3) is 16.2 Å². The highest BCUT2D eigenvalue weighted by atomic mass is 79.9. The second-order valence-electron chi connectivity index (χ2n) is 3.49. The molecule has 0 bridgehead atoms. The number of fused-ring (bicyclic) bond motifs is 1. The Bertz CT molecular complexity index is 688. The molecule has 0 atom stereocenters. The molecule has 3 aromatic heterocycles. The van der Waals surface area contributed by atoms with E-state index in [0.717, 1.165) is 27.0 Å². The number of carbonyl (C=O) groups excluding carboxylic acids is 1. The summed E-state index contributed by atoms with van der Waals surface area (Å²) in [5.74, 6) is 0. The molecule has 17 heavy (non-hydrogen) atoms. The molecule has 0 spiro atoms. The average Bonchev–Trinajstić information content (AvgIpc) is 2.95. The quantitative estimate of drug-likeness (QED) is 0.677. The molecule has 0 aliphatic heterocycles. The fourth-order valence-corrected chi connectivity index (χ4v) is 2.91. The molecule has 0 amide bonds. The maximum Gasteiger partial charge on any atom is 0.169 e. The first kappa shape index (κ1) is 10.7. The number of pyridine rings is 1. The van der Waals surface area contributed by atoms with Gasteiger partial charge in [0.15, 0.2) is 11.9 Å². The summed E-state index contributed by atoms with van der Waals surface area (Å²) in [6, 6.07) is 7.71. The van der Waals surface area contributed by atoms with Gasteiger partial charge in [-0.2, -0.15) is 0 Å². The van der Waals surface area contributed by atoms with Gasteiger partial charge in [-0.25, -0.2) is 4.98 Å². The highest BCUT2D eigenvalue weighted by Crippen LogP contribution is 2.29. The van der Waals surface area contributed by atoms with Gasteiger partial charge in [-0.15, -0.1) is 11.3 Å². The number of rotatable bonds is 2. The van der Waals surface area contributed by atoms with Crippen LogP contribution in [0.2, 0.25) is 0 Å². The minimum atomic E-state index is 0.587. The predicted molar refractivity (Wildman–Crippen MR) is 71.6 cm³/mol. The Hall–Kier alpha value is -1.46. The van der Waals surface area contributed by atoms with Crippen LogP contribution in [0.3, 0.4) is 0 Å². The molecule has 0 aromatic carbocycles. The molecule has 0 N–H and O–H groups in total. The SMILES string of the molecule is O=Cc1c(-c2cccs2)nc2c(Br)cccn12. The molecule has 3 rings (SSSR count). The van der Waals surface area contributed by atoms with Crippen molar-refractivity contribution in [1.29, 1.82) is 0 Å². The van der Waals surface area contributed by atoms with Crippen molar-refractivity contribution in [2.24, 2.45) is 0 Å². The smallest absolute Gasteiger partial charge is 0.169 e. The molecule has 0 saturated heterocycles. The number of thiophene rings is 1. The molecule has 0 unspecified atom stereocenters. The minimum Gasteiger partial charge on any atom is -0.296 e. The Labute approximate surface area is 110 Å². The van der Waals surface area contributed by atoms with Gasteiger partial charge in [0.2, 0.25) is 0 Å².